The van der Waals surface area contributed by atoms with Gasteiger partial charge in [0.15, 0.2) is 0 Å². The van der Waals surface area contributed by atoms with Gasteiger partial charge >= 0.3 is 0 Å². The highest BCUT2D eigenvalue weighted by Crippen LogP contribution is 2.23. The van der Waals surface area contributed by atoms with Crippen LogP contribution in [-0.2, 0) is 0 Å². The van der Waals surface area contributed by atoms with E-state index < -0.39 is 5.60 Å². The summed E-state index contributed by atoms with van der Waals surface area (Å²) in [6, 6.07) is 7.62. The zero-order chi connectivity index (χ0) is 10.6. The van der Waals surface area contributed by atoms with Crippen molar-refractivity contribution in [3.63, 3.8) is 0 Å². The molecule has 0 atom stereocenters. The molecule has 0 fully saturated rings. The lowest BCUT2D eigenvalue weighted by Gasteiger charge is -2.24. The highest BCUT2D eigenvalue weighted by Gasteiger charge is 2.18. The van der Waals surface area contributed by atoms with Crippen molar-refractivity contribution in [1.82, 2.24) is 0 Å². The maximum Gasteiger partial charge on any atom is 0.127 e. The van der Waals surface area contributed by atoms with E-state index in [0.717, 1.165) is 11.3 Å². The third kappa shape index (κ3) is 2.60. The zero-order valence-electron chi connectivity index (χ0n) is 8.66. The largest absolute Gasteiger partial charge is 0.485 e. The molecule has 0 heterocycles. The Morgan fingerprint density at radius 1 is 1.43 bits per heavy atom. The van der Waals surface area contributed by atoms with Crippen LogP contribution in [-0.4, -0.2) is 17.3 Å². The molecule has 76 valence electrons. The predicted octanol–water partition coefficient (Wildman–Crippen LogP) is 2.48. The lowest BCUT2D eigenvalue weighted by molar-refractivity contribution is 0.0411. The summed E-state index contributed by atoms with van der Waals surface area (Å²) in [7, 11) is 0. The normalized spacial score (nSPS) is 11.1. The Kier molecular flexibility index (Phi) is 3.31. The van der Waals surface area contributed by atoms with Crippen LogP contribution in [0.4, 0.5) is 0 Å². The van der Waals surface area contributed by atoms with Gasteiger partial charge < -0.3 is 9.84 Å². The van der Waals surface area contributed by atoms with Crippen LogP contribution in [0.25, 0.3) is 6.08 Å². The first-order chi connectivity index (χ1) is 6.59. The molecule has 0 aliphatic carbocycles. The van der Waals surface area contributed by atoms with Crippen LogP contribution >= 0.6 is 0 Å². The van der Waals surface area contributed by atoms with Crippen LogP contribution in [0.15, 0.2) is 30.8 Å². The number of ether oxygens (including phenoxy) is 1. The van der Waals surface area contributed by atoms with Gasteiger partial charge in [0.05, 0.1) is 6.61 Å². The Balaban J connectivity index is 2.91. The predicted molar refractivity (Wildman–Crippen MR) is 58.3 cm³/mol. The fourth-order valence-electron chi connectivity index (χ4n) is 1.07. The standard InChI is InChI=1S/C12H16O2/c1-4-10-7-5-6-8-11(10)14-12(2,3)9-13/h4-8,13H,1,9H2,2-3H3. The maximum absolute atomic E-state index is 9.07. The van der Waals surface area contributed by atoms with Gasteiger partial charge in [-0.1, -0.05) is 30.9 Å². The van der Waals surface area contributed by atoms with Crippen molar-refractivity contribution in [2.24, 2.45) is 0 Å². The second-order valence-electron chi connectivity index (χ2n) is 3.76. The number of benzene rings is 1. The van der Waals surface area contributed by atoms with E-state index in [2.05, 4.69) is 6.58 Å². The van der Waals surface area contributed by atoms with Crippen LogP contribution in [0, 0.1) is 0 Å². The highest BCUT2D eigenvalue weighted by atomic mass is 16.5. The van der Waals surface area contributed by atoms with Crippen molar-refractivity contribution < 1.29 is 9.84 Å². The van der Waals surface area contributed by atoms with Gasteiger partial charge in [0, 0.05) is 5.56 Å². The molecule has 2 nitrogen and oxygen atoms in total. The SMILES string of the molecule is C=Cc1ccccc1OC(C)(C)CO. The summed E-state index contributed by atoms with van der Waals surface area (Å²) in [6.07, 6.45) is 1.74. The molecule has 1 aromatic carbocycles. The van der Waals surface area contributed by atoms with E-state index in [1.54, 1.807) is 6.08 Å². The smallest absolute Gasteiger partial charge is 0.127 e. The molecule has 0 amide bonds. The van der Waals surface area contributed by atoms with Gasteiger partial charge in [-0.15, -0.1) is 0 Å². The van der Waals surface area contributed by atoms with Crippen LogP contribution < -0.4 is 4.74 Å². The molecule has 1 aromatic rings. The summed E-state index contributed by atoms with van der Waals surface area (Å²) >= 11 is 0. The third-order valence-corrected chi connectivity index (χ3v) is 1.91. The average molecular weight is 192 g/mol. The molecule has 1 N–H and O–H groups in total. The minimum atomic E-state index is -0.556. The Bertz CT molecular complexity index is 316. The molecule has 1 rings (SSSR count). The zero-order valence-corrected chi connectivity index (χ0v) is 8.66. The quantitative estimate of drug-likeness (QED) is 0.794. The second kappa shape index (κ2) is 4.29. The van der Waals surface area contributed by atoms with Crippen LogP contribution in [0.1, 0.15) is 19.4 Å². The Morgan fingerprint density at radius 3 is 2.64 bits per heavy atom. The summed E-state index contributed by atoms with van der Waals surface area (Å²) in [5.41, 5.74) is 0.382. The van der Waals surface area contributed by atoms with E-state index >= 15 is 0 Å². The number of para-hydroxylation sites is 1. The highest BCUT2D eigenvalue weighted by molar-refractivity contribution is 5.55. The second-order valence-corrected chi connectivity index (χ2v) is 3.76. The minimum absolute atomic E-state index is 0.0154. The molecule has 0 spiro atoms. The van der Waals surface area contributed by atoms with E-state index in [0.29, 0.717) is 0 Å². The first-order valence-electron chi connectivity index (χ1n) is 4.60. The third-order valence-electron chi connectivity index (χ3n) is 1.91. The Labute approximate surface area is 84.8 Å². The van der Waals surface area contributed by atoms with Gasteiger partial charge in [-0.25, -0.2) is 0 Å². The topological polar surface area (TPSA) is 29.5 Å². The van der Waals surface area contributed by atoms with Crippen LogP contribution in [0.2, 0.25) is 0 Å². The molecule has 0 bridgehead atoms. The van der Waals surface area contributed by atoms with Crippen molar-refractivity contribution >= 4 is 6.08 Å². The molecule has 0 unspecified atom stereocenters. The summed E-state index contributed by atoms with van der Waals surface area (Å²) < 4.78 is 5.65. The van der Waals surface area contributed by atoms with Crippen LogP contribution in [0.5, 0.6) is 5.75 Å². The monoisotopic (exact) mass is 192 g/mol. The van der Waals surface area contributed by atoms with Gasteiger partial charge in [-0.2, -0.15) is 0 Å². The maximum atomic E-state index is 9.07. The van der Waals surface area contributed by atoms with Gasteiger partial charge in [0.1, 0.15) is 11.4 Å². The molecular weight excluding hydrogens is 176 g/mol. The molecular formula is C12H16O2. The number of aliphatic hydroxyl groups excluding tert-OH is 1. The number of hydrogen-bond donors (Lipinski definition) is 1. The molecule has 0 aliphatic heterocycles. The van der Waals surface area contributed by atoms with Crippen molar-refractivity contribution in [3.05, 3.63) is 36.4 Å². The summed E-state index contributed by atoms with van der Waals surface area (Å²) in [5.74, 6) is 0.751. The van der Waals surface area contributed by atoms with E-state index in [4.69, 9.17) is 9.84 Å². The number of aliphatic hydroxyl groups is 1. The van der Waals surface area contributed by atoms with Crippen molar-refractivity contribution in [3.8, 4) is 5.75 Å². The molecule has 2 heteroatoms. The molecule has 0 radical (unpaired) electrons. The molecule has 0 saturated heterocycles. The fraction of sp³-hybridized carbons (Fsp3) is 0.333. The summed E-state index contributed by atoms with van der Waals surface area (Å²) in [4.78, 5) is 0. The van der Waals surface area contributed by atoms with E-state index in [1.165, 1.54) is 0 Å². The van der Waals surface area contributed by atoms with Crippen molar-refractivity contribution in [2.45, 2.75) is 19.4 Å². The average Bonchev–Trinajstić information content (AvgIpc) is 2.18. The fourth-order valence-corrected chi connectivity index (χ4v) is 1.07. The van der Waals surface area contributed by atoms with Crippen molar-refractivity contribution in [2.75, 3.05) is 6.61 Å². The van der Waals surface area contributed by atoms with Gasteiger partial charge in [0.2, 0.25) is 0 Å². The number of hydrogen-bond acceptors (Lipinski definition) is 2. The van der Waals surface area contributed by atoms with Gasteiger partial charge in [-0.05, 0) is 19.9 Å². The minimum Gasteiger partial charge on any atom is -0.485 e. The van der Waals surface area contributed by atoms with Crippen molar-refractivity contribution in [1.29, 1.82) is 0 Å². The van der Waals surface area contributed by atoms with E-state index in [-0.39, 0.29) is 6.61 Å². The molecule has 14 heavy (non-hydrogen) atoms. The first kappa shape index (κ1) is 10.8. The number of rotatable bonds is 4. The molecule has 0 aromatic heterocycles. The lowest BCUT2D eigenvalue weighted by atomic mass is 10.1. The Hall–Kier alpha value is -1.28. The Morgan fingerprint density at radius 2 is 2.07 bits per heavy atom. The van der Waals surface area contributed by atoms with Crippen LogP contribution in [0.3, 0.4) is 0 Å². The van der Waals surface area contributed by atoms with E-state index in [1.807, 2.05) is 38.1 Å². The molecule has 0 saturated carbocycles. The summed E-state index contributed by atoms with van der Waals surface area (Å²) in [5, 5.41) is 9.07. The molecule has 0 aliphatic rings. The lowest BCUT2D eigenvalue weighted by Crippen LogP contribution is -2.32. The summed E-state index contributed by atoms with van der Waals surface area (Å²) in [6.45, 7) is 7.37. The first-order valence-corrected chi connectivity index (χ1v) is 4.60. The van der Waals surface area contributed by atoms with Gasteiger partial charge in [-0.3, -0.25) is 0 Å². The van der Waals surface area contributed by atoms with Gasteiger partial charge in [0.25, 0.3) is 0 Å². The van der Waals surface area contributed by atoms with E-state index in [9.17, 15) is 0 Å².